The maximum Gasteiger partial charge on any atom is 0.137 e. The maximum atomic E-state index is 14.1. The lowest BCUT2D eigenvalue weighted by Gasteiger charge is -2.12. The normalized spacial score (nSPS) is 11.1. The first-order valence-corrected chi connectivity index (χ1v) is 8.04. The molecule has 0 aliphatic heterocycles. The van der Waals surface area contributed by atoms with E-state index in [9.17, 15) is 4.39 Å². The number of nitrogens with zero attached hydrogens (tertiary/aromatic N) is 1. The molecule has 0 spiro atoms. The molecule has 0 atom stereocenters. The zero-order valence-electron chi connectivity index (χ0n) is 12.1. The van der Waals surface area contributed by atoms with Crippen LogP contribution in [0.3, 0.4) is 0 Å². The summed E-state index contributed by atoms with van der Waals surface area (Å²) in [7, 11) is 0. The molecule has 112 valence electrons. The molecule has 0 unspecified atom stereocenters. The molecule has 5 heteroatoms. The lowest BCUT2D eigenvalue weighted by Crippen LogP contribution is -2.19. The van der Waals surface area contributed by atoms with Crippen molar-refractivity contribution in [3.63, 3.8) is 0 Å². The Bertz CT molecular complexity index is 605. The lowest BCUT2D eigenvalue weighted by atomic mass is 10.2. The molecule has 0 radical (unpaired) electrons. The van der Waals surface area contributed by atoms with Crippen molar-refractivity contribution in [1.82, 2.24) is 10.3 Å². The van der Waals surface area contributed by atoms with Crippen LogP contribution < -0.4 is 5.32 Å². The van der Waals surface area contributed by atoms with Gasteiger partial charge in [0.15, 0.2) is 0 Å². The van der Waals surface area contributed by atoms with Gasteiger partial charge in [-0.3, -0.25) is 0 Å². The van der Waals surface area contributed by atoms with Gasteiger partial charge in [0.05, 0.1) is 9.92 Å². The minimum absolute atomic E-state index is 0.245. The summed E-state index contributed by atoms with van der Waals surface area (Å²) >= 11 is 7.37. The van der Waals surface area contributed by atoms with E-state index in [0.717, 1.165) is 12.1 Å². The smallest absolute Gasteiger partial charge is 0.137 e. The van der Waals surface area contributed by atoms with Crippen LogP contribution in [-0.4, -0.2) is 11.5 Å². The van der Waals surface area contributed by atoms with Gasteiger partial charge in [-0.05, 0) is 36.2 Å². The van der Waals surface area contributed by atoms with Crippen molar-refractivity contribution in [3.05, 3.63) is 52.9 Å². The van der Waals surface area contributed by atoms with Crippen LogP contribution in [0.25, 0.3) is 0 Å². The van der Waals surface area contributed by atoms with Crippen LogP contribution >= 0.6 is 23.4 Å². The summed E-state index contributed by atoms with van der Waals surface area (Å²) in [5, 5.41) is 4.49. The van der Waals surface area contributed by atoms with Crippen LogP contribution in [0.1, 0.15) is 19.4 Å². The van der Waals surface area contributed by atoms with E-state index in [1.165, 1.54) is 17.8 Å². The van der Waals surface area contributed by atoms with Crippen molar-refractivity contribution in [1.29, 1.82) is 0 Å². The molecule has 21 heavy (non-hydrogen) atoms. The van der Waals surface area contributed by atoms with Crippen LogP contribution in [0.2, 0.25) is 5.02 Å². The standard InChI is InChI=1S/C16H18ClFN2S/c1-11(2)9-19-10-12-5-3-7-14(18)15(12)21-16-13(17)6-4-8-20-16/h3-8,11,19H,9-10H2,1-2H3. The average Bonchev–Trinajstić information content (AvgIpc) is 2.44. The number of benzene rings is 1. The molecular formula is C16H18ClFN2S. The van der Waals surface area contributed by atoms with E-state index in [2.05, 4.69) is 24.1 Å². The fourth-order valence-corrected chi connectivity index (χ4v) is 2.99. The molecule has 0 fully saturated rings. The first-order chi connectivity index (χ1) is 10.1. The van der Waals surface area contributed by atoms with Crippen molar-refractivity contribution < 1.29 is 4.39 Å². The van der Waals surface area contributed by atoms with E-state index in [1.807, 2.05) is 6.07 Å². The summed E-state index contributed by atoms with van der Waals surface area (Å²) in [6.45, 7) is 5.80. The molecule has 1 N–H and O–H groups in total. The second kappa shape index (κ2) is 7.78. The molecule has 0 aliphatic carbocycles. The predicted octanol–water partition coefficient (Wildman–Crippen LogP) is 4.77. The summed E-state index contributed by atoms with van der Waals surface area (Å²) < 4.78 is 14.1. The van der Waals surface area contributed by atoms with Gasteiger partial charge in [-0.25, -0.2) is 9.37 Å². The molecule has 2 aromatic rings. The highest BCUT2D eigenvalue weighted by atomic mass is 35.5. The molecule has 0 saturated carbocycles. The van der Waals surface area contributed by atoms with Gasteiger partial charge in [-0.2, -0.15) is 0 Å². The molecule has 1 heterocycles. The Labute approximate surface area is 134 Å². The van der Waals surface area contributed by atoms with Gasteiger partial charge in [-0.1, -0.05) is 49.3 Å². The highest BCUT2D eigenvalue weighted by Gasteiger charge is 2.12. The summed E-state index contributed by atoms with van der Waals surface area (Å²) in [6, 6.07) is 8.64. The van der Waals surface area contributed by atoms with Crippen molar-refractivity contribution in [2.24, 2.45) is 5.92 Å². The number of rotatable bonds is 6. The fourth-order valence-electron chi connectivity index (χ4n) is 1.85. The van der Waals surface area contributed by atoms with E-state index in [1.54, 1.807) is 24.4 Å². The minimum atomic E-state index is -0.245. The third kappa shape index (κ3) is 4.70. The van der Waals surface area contributed by atoms with Gasteiger partial charge in [-0.15, -0.1) is 0 Å². The predicted molar refractivity (Wildman–Crippen MR) is 86.3 cm³/mol. The van der Waals surface area contributed by atoms with Crippen LogP contribution in [0.5, 0.6) is 0 Å². The van der Waals surface area contributed by atoms with Crippen molar-refractivity contribution in [2.75, 3.05) is 6.54 Å². The first kappa shape index (κ1) is 16.3. The Morgan fingerprint density at radius 3 is 2.81 bits per heavy atom. The highest BCUT2D eigenvalue weighted by Crippen LogP contribution is 2.35. The van der Waals surface area contributed by atoms with Gasteiger partial charge in [0.25, 0.3) is 0 Å². The van der Waals surface area contributed by atoms with Gasteiger partial charge >= 0.3 is 0 Å². The van der Waals surface area contributed by atoms with E-state index >= 15 is 0 Å². The summed E-state index contributed by atoms with van der Waals surface area (Å²) in [6.07, 6.45) is 1.66. The van der Waals surface area contributed by atoms with Crippen LogP contribution in [0.4, 0.5) is 4.39 Å². The second-order valence-electron chi connectivity index (χ2n) is 5.15. The number of pyridine rings is 1. The molecule has 0 saturated heterocycles. The Morgan fingerprint density at radius 2 is 2.10 bits per heavy atom. The van der Waals surface area contributed by atoms with Gasteiger partial charge in [0, 0.05) is 12.7 Å². The molecule has 0 bridgehead atoms. The topological polar surface area (TPSA) is 24.9 Å². The zero-order chi connectivity index (χ0) is 15.2. The highest BCUT2D eigenvalue weighted by molar-refractivity contribution is 7.99. The van der Waals surface area contributed by atoms with Gasteiger partial charge in [0.1, 0.15) is 10.8 Å². The Balaban J connectivity index is 2.20. The van der Waals surface area contributed by atoms with Crippen molar-refractivity contribution in [3.8, 4) is 0 Å². The summed E-state index contributed by atoms with van der Waals surface area (Å²) in [4.78, 5) is 4.79. The molecule has 0 aliphatic rings. The maximum absolute atomic E-state index is 14.1. The summed E-state index contributed by atoms with van der Waals surface area (Å²) in [5.74, 6) is 0.311. The average molecular weight is 325 g/mol. The Hall–Kier alpha value is -1.10. The van der Waals surface area contributed by atoms with Crippen LogP contribution in [-0.2, 0) is 6.54 Å². The van der Waals surface area contributed by atoms with Gasteiger partial charge in [0.2, 0.25) is 0 Å². The third-order valence-corrected chi connectivity index (χ3v) is 4.44. The Morgan fingerprint density at radius 1 is 1.29 bits per heavy atom. The third-order valence-electron chi connectivity index (χ3n) is 2.84. The number of nitrogens with one attached hydrogen (secondary N) is 1. The Kier molecular flexibility index (Phi) is 6.03. The molecule has 2 nitrogen and oxygen atoms in total. The van der Waals surface area contributed by atoms with E-state index in [0.29, 0.717) is 27.4 Å². The number of halogens is 2. The van der Waals surface area contributed by atoms with E-state index in [-0.39, 0.29) is 5.82 Å². The van der Waals surface area contributed by atoms with Crippen LogP contribution in [0, 0.1) is 11.7 Å². The number of hydrogen-bond acceptors (Lipinski definition) is 3. The molecule has 1 aromatic carbocycles. The SMILES string of the molecule is CC(C)CNCc1cccc(F)c1Sc1ncccc1Cl. The van der Waals surface area contributed by atoms with Crippen molar-refractivity contribution >= 4 is 23.4 Å². The van der Waals surface area contributed by atoms with Crippen molar-refractivity contribution in [2.45, 2.75) is 30.3 Å². The summed E-state index contributed by atoms with van der Waals surface area (Å²) in [5.41, 5.74) is 0.919. The number of aromatic nitrogens is 1. The quantitative estimate of drug-likeness (QED) is 0.828. The fraction of sp³-hybridized carbons (Fsp3) is 0.312. The van der Waals surface area contributed by atoms with Crippen LogP contribution in [0.15, 0.2) is 46.5 Å². The molecule has 0 amide bonds. The van der Waals surface area contributed by atoms with E-state index < -0.39 is 0 Å². The molecule has 1 aromatic heterocycles. The molecule has 2 rings (SSSR count). The minimum Gasteiger partial charge on any atom is -0.312 e. The zero-order valence-corrected chi connectivity index (χ0v) is 13.6. The largest absolute Gasteiger partial charge is 0.312 e. The lowest BCUT2D eigenvalue weighted by molar-refractivity contribution is 0.543. The molecular weight excluding hydrogens is 307 g/mol. The van der Waals surface area contributed by atoms with Gasteiger partial charge < -0.3 is 5.32 Å². The monoisotopic (exact) mass is 324 g/mol. The van der Waals surface area contributed by atoms with E-state index in [4.69, 9.17) is 11.6 Å². The second-order valence-corrected chi connectivity index (χ2v) is 6.55. The number of hydrogen-bond donors (Lipinski definition) is 1. The first-order valence-electron chi connectivity index (χ1n) is 6.84.